The van der Waals surface area contributed by atoms with E-state index in [1.54, 1.807) is 0 Å². The van der Waals surface area contributed by atoms with Crippen LogP contribution >= 0.6 is 0 Å². The zero-order valence-electron chi connectivity index (χ0n) is 12.2. The SMILES string of the molecule is CN1C(c2ccccc2)OC(C#N)(C#N)C1c1ccccc1. The Morgan fingerprint density at radius 2 is 1.41 bits per heavy atom. The van der Waals surface area contributed by atoms with E-state index < -0.39 is 17.9 Å². The van der Waals surface area contributed by atoms with Crippen molar-refractivity contribution in [3.8, 4) is 12.1 Å². The van der Waals surface area contributed by atoms with Gasteiger partial charge < -0.3 is 4.74 Å². The fourth-order valence-corrected chi connectivity index (χ4v) is 2.97. The Bertz CT molecular complexity index is 716. The second kappa shape index (κ2) is 5.61. The lowest BCUT2D eigenvalue weighted by atomic mass is 9.91. The summed E-state index contributed by atoms with van der Waals surface area (Å²) in [5.41, 5.74) is 0.307. The van der Waals surface area contributed by atoms with Gasteiger partial charge in [-0.15, -0.1) is 0 Å². The molecule has 3 rings (SSSR count). The molecule has 0 aliphatic carbocycles. The molecule has 4 nitrogen and oxygen atoms in total. The average Bonchev–Trinajstić information content (AvgIpc) is 2.89. The minimum absolute atomic E-state index is 0.425. The molecule has 2 aromatic carbocycles. The van der Waals surface area contributed by atoms with Crippen LogP contribution in [0.3, 0.4) is 0 Å². The normalized spacial score (nSPS) is 23.6. The lowest BCUT2D eigenvalue weighted by Gasteiger charge is -2.25. The molecule has 1 aliphatic heterocycles. The summed E-state index contributed by atoms with van der Waals surface area (Å²) in [6.45, 7) is 0. The van der Waals surface area contributed by atoms with Crippen molar-refractivity contribution in [3.63, 3.8) is 0 Å². The first-order chi connectivity index (χ1) is 10.7. The minimum atomic E-state index is -1.52. The molecule has 1 heterocycles. The molecule has 1 fully saturated rings. The molecule has 4 heteroatoms. The van der Waals surface area contributed by atoms with Crippen LogP contribution in [0.15, 0.2) is 60.7 Å². The summed E-state index contributed by atoms with van der Waals surface area (Å²) in [7, 11) is 1.88. The zero-order chi connectivity index (χ0) is 15.6. The lowest BCUT2D eigenvalue weighted by Crippen LogP contribution is -2.34. The Labute approximate surface area is 129 Å². The Kier molecular flexibility index (Phi) is 3.65. The first-order valence-corrected chi connectivity index (χ1v) is 7.04. The number of hydrogen-bond donors (Lipinski definition) is 0. The quantitative estimate of drug-likeness (QED) is 0.852. The third kappa shape index (κ3) is 2.16. The van der Waals surface area contributed by atoms with Crippen LogP contribution in [0, 0.1) is 22.7 Å². The molecule has 0 radical (unpaired) electrons. The van der Waals surface area contributed by atoms with Gasteiger partial charge in [0.05, 0.1) is 6.04 Å². The molecule has 2 aromatic rings. The number of ether oxygens (including phenoxy) is 1. The summed E-state index contributed by atoms with van der Waals surface area (Å²) in [6.07, 6.45) is -0.425. The topological polar surface area (TPSA) is 60.0 Å². The van der Waals surface area contributed by atoms with Gasteiger partial charge in [0.1, 0.15) is 18.4 Å². The number of benzene rings is 2. The summed E-state index contributed by atoms with van der Waals surface area (Å²) in [6, 6.07) is 22.9. The number of hydrogen-bond acceptors (Lipinski definition) is 4. The number of rotatable bonds is 2. The molecular weight excluding hydrogens is 274 g/mol. The van der Waals surface area contributed by atoms with Crippen molar-refractivity contribution in [2.24, 2.45) is 0 Å². The van der Waals surface area contributed by atoms with Crippen LogP contribution in [-0.2, 0) is 4.74 Å². The van der Waals surface area contributed by atoms with Crippen LogP contribution in [-0.4, -0.2) is 17.5 Å². The predicted molar refractivity (Wildman–Crippen MR) is 81.2 cm³/mol. The van der Waals surface area contributed by atoms with E-state index in [0.717, 1.165) is 11.1 Å². The van der Waals surface area contributed by atoms with Crippen molar-refractivity contribution in [2.75, 3.05) is 7.05 Å². The van der Waals surface area contributed by atoms with Gasteiger partial charge in [-0.3, -0.25) is 4.90 Å². The van der Waals surface area contributed by atoms with Crippen LogP contribution in [0.2, 0.25) is 0 Å². The van der Waals surface area contributed by atoms with Crippen molar-refractivity contribution in [2.45, 2.75) is 17.9 Å². The summed E-state index contributed by atoms with van der Waals surface area (Å²) in [5, 5.41) is 19.2. The van der Waals surface area contributed by atoms with Gasteiger partial charge in [0.15, 0.2) is 0 Å². The Morgan fingerprint density at radius 3 is 1.91 bits per heavy atom. The van der Waals surface area contributed by atoms with Crippen LogP contribution in [0.25, 0.3) is 0 Å². The van der Waals surface area contributed by atoms with Gasteiger partial charge >= 0.3 is 0 Å². The van der Waals surface area contributed by atoms with Crippen LogP contribution in [0.1, 0.15) is 23.4 Å². The molecule has 1 aliphatic rings. The van der Waals surface area contributed by atoms with Crippen molar-refractivity contribution in [3.05, 3.63) is 71.8 Å². The highest BCUT2D eigenvalue weighted by Gasteiger charge is 2.54. The standard InChI is InChI=1S/C18H15N3O/c1-21-16(14-8-4-2-5-9-14)18(12-19,13-20)22-17(21)15-10-6-3-7-11-15/h2-11,16-17H,1H3. The Hall–Kier alpha value is -2.66. The van der Waals surface area contributed by atoms with Gasteiger partial charge in [-0.05, 0) is 18.2 Å². The summed E-state index contributed by atoms with van der Waals surface area (Å²) >= 11 is 0. The van der Waals surface area contributed by atoms with Crippen molar-refractivity contribution in [1.82, 2.24) is 4.90 Å². The number of likely N-dealkylation sites (N-methyl/N-ethyl adjacent to an activating group) is 1. The molecule has 0 saturated carbocycles. The summed E-state index contributed by atoms with van der Waals surface area (Å²) in [5.74, 6) is 0. The molecule has 2 atom stereocenters. The van der Waals surface area contributed by atoms with Gasteiger partial charge in [-0.25, -0.2) is 0 Å². The predicted octanol–water partition coefficient (Wildman–Crippen LogP) is 3.17. The molecule has 0 bridgehead atoms. The second-order valence-corrected chi connectivity index (χ2v) is 5.32. The highest BCUT2D eigenvalue weighted by atomic mass is 16.5. The minimum Gasteiger partial charge on any atom is -0.323 e. The summed E-state index contributed by atoms with van der Waals surface area (Å²) in [4.78, 5) is 1.94. The average molecular weight is 289 g/mol. The maximum absolute atomic E-state index is 9.61. The van der Waals surface area contributed by atoms with E-state index >= 15 is 0 Å². The first-order valence-electron chi connectivity index (χ1n) is 7.04. The van der Waals surface area contributed by atoms with Crippen molar-refractivity contribution < 1.29 is 4.74 Å². The molecule has 0 aromatic heterocycles. The third-order valence-corrected chi connectivity index (χ3v) is 3.99. The number of nitriles is 2. The molecule has 0 spiro atoms. The van der Waals surface area contributed by atoms with Crippen molar-refractivity contribution >= 4 is 0 Å². The maximum atomic E-state index is 9.61. The van der Waals surface area contributed by atoms with E-state index in [4.69, 9.17) is 4.74 Å². The fourth-order valence-electron chi connectivity index (χ4n) is 2.97. The van der Waals surface area contributed by atoms with E-state index in [1.165, 1.54) is 0 Å². The highest BCUT2D eigenvalue weighted by molar-refractivity contribution is 5.36. The molecule has 0 amide bonds. The maximum Gasteiger partial charge on any atom is 0.262 e. The van der Waals surface area contributed by atoms with Crippen LogP contribution in [0.5, 0.6) is 0 Å². The molecular formula is C18H15N3O. The smallest absolute Gasteiger partial charge is 0.262 e. The van der Waals surface area contributed by atoms with Gasteiger partial charge in [-0.1, -0.05) is 60.7 Å². The Morgan fingerprint density at radius 1 is 0.909 bits per heavy atom. The first kappa shape index (κ1) is 14.3. The number of nitrogens with zero attached hydrogens (tertiary/aromatic N) is 3. The molecule has 2 unspecified atom stereocenters. The molecule has 1 saturated heterocycles. The highest BCUT2D eigenvalue weighted by Crippen LogP contribution is 2.47. The molecule has 0 N–H and O–H groups in total. The van der Waals surface area contributed by atoms with E-state index in [9.17, 15) is 10.5 Å². The fraction of sp³-hybridized carbons (Fsp3) is 0.222. The third-order valence-electron chi connectivity index (χ3n) is 3.99. The van der Waals surface area contributed by atoms with Gasteiger partial charge in [0.2, 0.25) is 0 Å². The molecule has 22 heavy (non-hydrogen) atoms. The van der Waals surface area contributed by atoms with Gasteiger partial charge in [0.25, 0.3) is 5.60 Å². The largest absolute Gasteiger partial charge is 0.323 e. The van der Waals surface area contributed by atoms with Crippen LogP contribution < -0.4 is 0 Å². The van der Waals surface area contributed by atoms with E-state index in [2.05, 4.69) is 12.1 Å². The molecule has 108 valence electrons. The van der Waals surface area contributed by atoms with E-state index in [-0.39, 0.29) is 0 Å². The second-order valence-electron chi connectivity index (χ2n) is 5.32. The lowest BCUT2D eigenvalue weighted by molar-refractivity contribution is -0.00206. The van der Waals surface area contributed by atoms with E-state index in [0.29, 0.717) is 0 Å². The summed E-state index contributed by atoms with van der Waals surface area (Å²) < 4.78 is 5.92. The van der Waals surface area contributed by atoms with E-state index in [1.807, 2.05) is 72.6 Å². The van der Waals surface area contributed by atoms with Crippen molar-refractivity contribution in [1.29, 1.82) is 10.5 Å². The Balaban J connectivity index is 2.08. The van der Waals surface area contributed by atoms with Gasteiger partial charge in [0, 0.05) is 0 Å². The van der Waals surface area contributed by atoms with Gasteiger partial charge in [-0.2, -0.15) is 10.5 Å². The monoisotopic (exact) mass is 289 g/mol. The zero-order valence-corrected chi connectivity index (χ0v) is 12.2. The van der Waals surface area contributed by atoms with Crippen LogP contribution in [0.4, 0.5) is 0 Å².